The summed E-state index contributed by atoms with van der Waals surface area (Å²) in [4.78, 5) is 6.98. The van der Waals surface area contributed by atoms with Crippen molar-refractivity contribution in [1.82, 2.24) is 0 Å². The van der Waals surface area contributed by atoms with Crippen molar-refractivity contribution < 1.29 is 0 Å². The molecule has 0 amide bonds. The van der Waals surface area contributed by atoms with Gasteiger partial charge in [0.2, 0.25) is 0 Å². The van der Waals surface area contributed by atoms with Gasteiger partial charge in [-0.3, -0.25) is 4.99 Å². The van der Waals surface area contributed by atoms with Gasteiger partial charge in [0, 0.05) is 24.8 Å². The summed E-state index contributed by atoms with van der Waals surface area (Å²) >= 11 is 0. The summed E-state index contributed by atoms with van der Waals surface area (Å²) in [5, 5.41) is 0. The van der Waals surface area contributed by atoms with Gasteiger partial charge in [0.15, 0.2) is 0 Å². The Bertz CT molecular complexity index is 647. The number of benzene rings is 2. The SMILES string of the molecule is CN1CCN=C(/C=C/c2ccccc2)c2ccccc21.Cl. The molecule has 0 saturated carbocycles. The summed E-state index contributed by atoms with van der Waals surface area (Å²) in [7, 11) is 2.12. The molecule has 1 aliphatic rings. The lowest BCUT2D eigenvalue weighted by molar-refractivity contribution is 0.897. The summed E-state index contributed by atoms with van der Waals surface area (Å²) in [6, 6.07) is 18.8. The van der Waals surface area contributed by atoms with Crippen molar-refractivity contribution in [2.24, 2.45) is 4.99 Å². The molecule has 0 bridgehead atoms. The van der Waals surface area contributed by atoms with E-state index in [4.69, 9.17) is 4.99 Å². The number of hydrogen-bond donors (Lipinski definition) is 0. The first-order valence-electron chi connectivity index (χ1n) is 6.93. The molecule has 3 heteroatoms. The maximum absolute atomic E-state index is 4.72. The molecule has 2 aromatic rings. The van der Waals surface area contributed by atoms with Crippen molar-refractivity contribution in [3.05, 3.63) is 71.8 Å². The van der Waals surface area contributed by atoms with Crippen LogP contribution in [0.1, 0.15) is 11.1 Å². The number of allylic oxidation sites excluding steroid dienone is 1. The van der Waals surface area contributed by atoms with E-state index >= 15 is 0 Å². The van der Waals surface area contributed by atoms with Crippen LogP contribution in [0.25, 0.3) is 6.08 Å². The van der Waals surface area contributed by atoms with Gasteiger partial charge in [-0.25, -0.2) is 0 Å². The van der Waals surface area contributed by atoms with E-state index in [0.29, 0.717) is 0 Å². The summed E-state index contributed by atoms with van der Waals surface area (Å²) < 4.78 is 0. The highest BCUT2D eigenvalue weighted by atomic mass is 35.5. The van der Waals surface area contributed by atoms with Gasteiger partial charge >= 0.3 is 0 Å². The van der Waals surface area contributed by atoms with Crippen molar-refractivity contribution in [3.8, 4) is 0 Å². The molecule has 0 atom stereocenters. The molecule has 0 spiro atoms. The molecule has 21 heavy (non-hydrogen) atoms. The number of anilines is 1. The van der Waals surface area contributed by atoms with Crippen LogP contribution in [0.4, 0.5) is 5.69 Å². The van der Waals surface area contributed by atoms with Crippen molar-refractivity contribution in [2.75, 3.05) is 25.0 Å². The van der Waals surface area contributed by atoms with Crippen LogP contribution in [0.15, 0.2) is 65.7 Å². The third-order valence-electron chi connectivity index (χ3n) is 3.54. The molecule has 0 aromatic heterocycles. The van der Waals surface area contributed by atoms with Crippen LogP contribution in [0.5, 0.6) is 0 Å². The number of benzodiazepines with no additional fused rings is 1. The number of aliphatic imine (C=N–C) groups is 1. The number of hydrogen-bond acceptors (Lipinski definition) is 2. The van der Waals surface area contributed by atoms with E-state index in [0.717, 1.165) is 18.8 Å². The van der Waals surface area contributed by atoms with Gasteiger partial charge in [0.25, 0.3) is 0 Å². The zero-order chi connectivity index (χ0) is 13.8. The second-order valence-corrected chi connectivity index (χ2v) is 4.95. The molecule has 0 aliphatic carbocycles. The fourth-order valence-corrected chi connectivity index (χ4v) is 2.43. The normalized spacial score (nSPS) is 14.1. The molecule has 2 aromatic carbocycles. The van der Waals surface area contributed by atoms with Gasteiger partial charge in [0.1, 0.15) is 0 Å². The largest absolute Gasteiger partial charge is 0.372 e. The molecule has 1 heterocycles. The molecule has 0 N–H and O–H groups in total. The average molecular weight is 299 g/mol. The summed E-state index contributed by atoms with van der Waals surface area (Å²) in [5.41, 5.74) is 4.72. The molecular formula is C18H19ClN2. The Hall–Kier alpha value is -2.06. The first-order valence-corrected chi connectivity index (χ1v) is 6.93. The molecule has 0 radical (unpaired) electrons. The first-order chi connectivity index (χ1) is 9.84. The van der Waals surface area contributed by atoms with E-state index in [-0.39, 0.29) is 12.4 Å². The van der Waals surface area contributed by atoms with Crippen molar-refractivity contribution in [1.29, 1.82) is 0 Å². The number of fused-ring (bicyclic) bond motifs is 1. The van der Waals surface area contributed by atoms with Crippen LogP contribution in [-0.4, -0.2) is 25.8 Å². The van der Waals surface area contributed by atoms with Crippen LogP contribution < -0.4 is 4.90 Å². The molecule has 3 rings (SSSR count). The highest BCUT2D eigenvalue weighted by molar-refractivity contribution is 6.14. The highest BCUT2D eigenvalue weighted by Gasteiger charge is 2.13. The highest BCUT2D eigenvalue weighted by Crippen LogP contribution is 2.22. The lowest BCUT2D eigenvalue weighted by Crippen LogP contribution is -2.20. The smallest absolute Gasteiger partial charge is 0.0668 e. The minimum absolute atomic E-state index is 0. The first kappa shape index (κ1) is 15.3. The van der Waals surface area contributed by atoms with Gasteiger partial charge in [-0.15, -0.1) is 12.4 Å². The van der Waals surface area contributed by atoms with E-state index < -0.39 is 0 Å². The molecule has 2 nitrogen and oxygen atoms in total. The van der Waals surface area contributed by atoms with E-state index in [2.05, 4.69) is 72.6 Å². The minimum Gasteiger partial charge on any atom is -0.372 e. The zero-order valence-corrected chi connectivity index (χ0v) is 12.9. The maximum Gasteiger partial charge on any atom is 0.0668 e. The number of rotatable bonds is 2. The second-order valence-electron chi connectivity index (χ2n) is 4.95. The fraction of sp³-hybridized carbons (Fsp3) is 0.167. The Labute approximate surface area is 132 Å². The van der Waals surface area contributed by atoms with Crippen LogP contribution in [0.2, 0.25) is 0 Å². The Morgan fingerprint density at radius 1 is 0.952 bits per heavy atom. The third-order valence-corrected chi connectivity index (χ3v) is 3.54. The predicted octanol–water partition coefficient (Wildman–Crippen LogP) is 4.06. The fourth-order valence-electron chi connectivity index (χ4n) is 2.43. The second kappa shape index (κ2) is 7.09. The molecule has 0 unspecified atom stereocenters. The predicted molar refractivity (Wildman–Crippen MR) is 93.8 cm³/mol. The van der Waals surface area contributed by atoms with Crippen molar-refractivity contribution in [3.63, 3.8) is 0 Å². The Morgan fingerprint density at radius 3 is 2.48 bits per heavy atom. The van der Waals surface area contributed by atoms with Gasteiger partial charge in [-0.1, -0.05) is 54.6 Å². The number of nitrogens with zero attached hydrogens (tertiary/aromatic N) is 2. The average Bonchev–Trinajstić information content (AvgIpc) is 2.66. The maximum atomic E-state index is 4.72. The summed E-state index contributed by atoms with van der Waals surface area (Å²) in [6.45, 7) is 1.79. The van der Waals surface area contributed by atoms with Crippen LogP contribution in [0, 0.1) is 0 Å². The number of halogens is 1. The number of para-hydroxylation sites is 1. The number of likely N-dealkylation sites (N-methyl/N-ethyl adjacent to an activating group) is 1. The van der Waals surface area contributed by atoms with Crippen LogP contribution in [-0.2, 0) is 0 Å². The van der Waals surface area contributed by atoms with Gasteiger partial charge < -0.3 is 4.90 Å². The van der Waals surface area contributed by atoms with Crippen molar-refractivity contribution in [2.45, 2.75) is 0 Å². The van der Waals surface area contributed by atoms with Crippen molar-refractivity contribution >= 4 is 29.9 Å². The summed E-state index contributed by atoms with van der Waals surface area (Å²) in [5.74, 6) is 0. The zero-order valence-electron chi connectivity index (χ0n) is 12.1. The van der Waals surface area contributed by atoms with Gasteiger partial charge in [0.05, 0.1) is 12.3 Å². The molecule has 108 valence electrons. The monoisotopic (exact) mass is 298 g/mol. The molecule has 1 aliphatic heterocycles. The summed E-state index contributed by atoms with van der Waals surface area (Å²) in [6.07, 6.45) is 4.24. The lowest BCUT2D eigenvalue weighted by Gasteiger charge is -2.18. The van der Waals surface area contributed by atoms with Crippen LogP contribution in [0.3, 0.4) is 0 Å². The van der Waals surface area contributed by atoms with E-state index in [1.54, 1.807) is 0 Å². The Kier molecular flexibility index (Phi) is 5.18. The third kappa shape index (κ3) is 3.53. The Morgan fingerprint density at radius 2 is 1.67 bits per heavy atom. The molecule has 0 fully saturated rings. The van der Waals surface area contributed by atoms with Crippen LogP contribution >= 0.6 is 12.4 Å². The standard InChI is InChI=1S/C18H18N2.ClH/c1-20-14-13-19-17(16-9-5-6-10-18(16)20)12-11-15-7-3-2-4-8-15;/h2-12H,13-14H2,1H3;1H/b12-11+;. The lowest BCUT2D eigenvalue weighted by atomic mass is 10.1. The molecule has 0 saturated heterocycles. The van der Waals surface area contributed by atoms with Gasteiger partial charge in [-0.05, 0) is 17.7 Å². The van der Waals surface area contributed by atoms with E-state index in [1.165, 1.54) is 16.8 Å². The van der Waals surface area contributed by atoms with E-state index in [9.17, 15) is 0 Å². The quantitative estimate of drug-likeness (QED) is 0.816. The Balaban J connectivity index is 0.00000161. The minimum atomic E-state index is 0. The molecular weight excluding hydrogens is 280 g/mol. The van der Waals surface area contributed by atoms with E-state index in [1.807, 2.05) is 6.07 Å². The van der Waals surface area contributed by atoms with Gasteiger partial charge in [-0.2, -0.15) is 0 Å². The topological polar surface area (TPSA) is 15.6 Å².